The number of benzene rings is 1. The van der Waals surface area contributed by atoms with Gasteiger partial charge in [0.2, 0.25) is 0 Å². The Kier molecular flexibility index (Phi) is 4.63. The molecule has 2 nitrogen and oxygen atoms in total. The molecule has 0 saturated carbocycles. The maximum absolute atomic E-state index is 5.22. The fourth-order valence-electron chi connectivity index (χ4n) is 1.55. The topological polar surface area (TPSA) is 12.5 Å². The van der Waals surface area contributed by atoms with Gasteiger partial charge in [0.05, 0.1) is 6.10 Å². The van der Waals surface area contributed by atoms with Crippen LogP contribution in [0.5, 0.6) is 0 Å². The third kappa shape index (κ3) is 2.96. The summed E-state index contributed by atoms with van der Waals surface area (Å²) in [4.78, 5) is 2.33. The second kappa shape index (κ2) is 5.76. The summed E-state index contributed by atoms with van der Waals surface area (Å²) in [7, 11) is 1.77. The van der Waals surface area contributed by atoms with Crippen LogP contribution in [-0.4, -0.2) is 26.3 Å². The molecule has 1 aliphatic rings. The number of rotatable bonds is 2. The zero-order valence-electron chi connectivity index (χ0n) is 10.2. The lowest BCUT2D eigenvalue weighted by Gasteiger charge is -2.40. The molecular weight excluding hydrogens is 186 g/mol. The largest absolute Gasteiger partial charge is 0.378 e. The van der Waals surface area contributed by atoms with Gasteiger partial charge in [-0.3, -0.25) is 0 Å². The molecule has 2 heteroatoms. The Balaban J connectivity index is 0.000000531. The summed E-state index contributed by atoms with van der Waals surface area (Å²) in [5.74, 6) is 0. The van der Waals surface area contributed by atoms with Crippen molar-refractivity contribution < 1.29 is 4.74 Å². The van der Waals surface area contributed by atoms with Crippen molar-refractivity contribution in [1.29, 1.82) is 0 Å². The van der Waals surface area contributed by atoms with Crippen LogP contribution in [0.1, 0.15) is 19.4 Å². The summed E-state index contributed by atoms with van der Waals surface area (Å²) in [6.45, 7) is 8.16. The van der Waals surface area contributed by atoms with E-state index in [9.17, 15) is 0 Å². The van der Waals surface area contributed by atoms with Crippen molar-refractivity contribution in [2.24, 2.45) is 0 Å². The van der Waals surface area contributed by atoms with Crippen LogP contribution in [0.2, 0.25) is 0 Å². The molecule has 1 fully saturated rings. The minimum absolute atomic E-state index is 0.432. The predicted molar refractivity (Wildman–Crippen MR) is 65.5 cm³/mol. The van der Waals surface area contributed by atoms with Gasteiger partial charge in [-0.25, -0.2) is 0 Å². The van der Waals surface area contributed by atoms with Gasteiger partial charge >= 0.3 is 0 Å². The first kappa shape index (κ1) is 12.1. The minimum atomic E-state index is 0.432. The normalized spacial score (nSPS) is 15.3. The molecule has 1 saturated heterocycles. The Morgan fingerprint density at radius 1 is 1.13 bits per heavy atom. The molecule has 84 valence electrons. The molecule has 0 amide bonds. The molecular formula is C13H21NO. The monoisotopic (exact) mass is 207 g/mol. The van der Waals surface area contributed by atoms with Gasteiger partial charge in [0, 0.05) is 25.9 Å². The predicted octanol–water partition coefficient (Wildman–Crippen LogP) is 2.86. The van der Waals surface area contributed by atoms with Crippen molar-refractivity contribution in [3.63, 3.8) is 0 Å². The summed E-state index contributed by atoms with van der Waals surface area (Å²) < 4.78 is 5.22. The van der Waals surface area contributed by atoms with Crippen LogP contribution < -0.4 is 4.90 Å². The first-order chi connectivity index (χ1) is 7.29. The van der Waals surface area contributed by atoms with E-state index < -0.39 is 0 Å². The van der Waals surface area contributed by atoms with E-state index in [1.165, 1.54) is 11.3 Å². The first-order valence-corrected chi connectivity index (χ1v) is 5.64. The highest BCUT2D eigenvalue weighted by Crippen LogP contribution is 2.21. The van der Waals surface area contributed by atoms with Crippen LogP contribution in [-0.2, 0) is 4.74 Å². The second-order valence-corrected chi connectivity index (χ2v) is 3.60. The van der Waals surface area contributed by atoms with Gasteiger partial charge in [0.15, 0.2) is 0 Å². The third-order valence-electron chi connectivity index (χ3n) is 2.58. The Labute approximate surface area is 92.9 Å². The molecule has 0 spiro atoms. The zero-order valence-corrected chi connectivity index (χ0v) is 10.2. The van der Waals surface area contributed by atoms with E-state index in [1.807, 2.05) is 13.8 Å². The molecule has 0 radical (unpaired) electrons. The van der Waals surface area contributed by atoms with Crippen LogP contribution in [0.3, 0.4) is 0 Å². The van der Waals surface area contributed by atoms with E-state index in [0.717, 1.165) is 13.1 Å². The fraction of sp³-hybridized carbons (Fsp3) is 0.538. The van der Waals surface area contributed by atoms with E-state index in [0.29, 0.717) is 6.10 Å². The third-order valence-corrected chi connectivity index (χ3v) is 2.58. The molecule has 0 atom stereocenters. The Bertz CT molecular complexity index is 275. The summed E-state index contributed by atoms with van der Waals surface area (Å²) in [5.41, 5.74) is 2.62. The van der Waals surface area contributed by atoms with Crippen molar-refractivity contribution in [3.8, 4) is 0 Å². The average molecular weight is 207 g/mol. The fourth-order valence-corrected chi connectivity index (χ4v) is 1.55. The van der Waals surface area contributed by atoms with Crippen molar-refractivity contribution in [2.75, 3.05) is 25.1 Å². The lowest BCUT2D eigenvalue weighted by Crippen LogP contribution is -2.51. The number of nitrogens with zero attached hydrogens (tertiary/aromatic N) is 1. The highest BCUT2D eigenvalue weighted by Gasteiger charge is 2.25. The van der Waals surface area contributed by atoms with Crippen LogP contribution in [0, 0.1) is 6.92 Å². The lowest BCUT2D eigenvalue weighted by molar-refractivity contribution is 0.0788. The molecule has 1 aromatic carbocycles. The molecule has 2 rings (SSSR count). The second-order valence-electron chi connectivity index (χ2n) is 3.60. The van der Waals surface area contributed by atoms with E-state index >= 15 is 0 Å². The van der Waals surface area contributed by atoms with E-state index in [-0.39, 0.29) is 0 Å². The Hall–Kier alpha value is -1.02. The molecule has 0 aliphatic carbocycles. The van der Waals surface area contributed by atoms with Crippen LogP contribution >= 0.6 is 0 Å². The average Bonchev–Trinajstić information content (AvgIpc) is 2.22. The number of aryl methyl sites for hydroxylation is 1. The first-order valence-electron chi connectivity index (χ1n) is 5.64. The number of ether oxygens (including phenoxy) is 1. The standard InChI is InChI=1S/C11H15NO.C2H6/c1-9-3-5-10(6-4-9)12-7-11(8-12)13-2;1-2/h3-6,11H,7-8H2,1-2H3;1-2H3. The van der Waals surface area contributed by atoms with Crippen molar-refractivity contribution >= 4 is 5.69 Å². The maximum atomic E-state index is 5.22. The molecule has 1 aliphatic heterocycles. The van der Waals surface area contributed by atoms with Gasteiger partial charge in [-0.1, -0.05) is 31.5 Å². The number of methoxy groups -OCH3 is 1. The lowest BCUT2D eigenvalue weighted by atomic mass is 10.1. The number of hydrogen-bond donors (Lipinski definition) is 0. The number of anilines is 1. The molecule has 1 heterocycles. The van der Waals surface area contributed by atoms with Gasteiger partial charge in [0.25, 0.3) is 0 Å². The summed E-state index contributed by atoms with van der Waals surface area (Å²) in [6, 6.07) is 8.63. The van der Waals surface area contributed by atoms with Gasteiger partial charge < -0.3 is 9.64 Å². The van der Waals surface area contributed by atoms with Gasteiger partial charge in [-0.15, -0.1) is 0 Å². The Morgan fingerprint density at radius 3 is 2.13 bits per heavy atom. The smallest absolute Gasteiger partial charge is 0.0920 e. The molecule has 1 aromatic rings. The van der Waals surface area contributed by atoms with Crippen LogP contribution in [0.15, 0.2) is 24.3 Å². The maximum Gasteiger partial charge on any atom is 0.0920 e. The summed E-state index contributed by atoms with van der Waals surface area (Å²) in [6.07, 6.45) is 0.432. The van der Waals surface area contributed by atoms with E-state index in [2.05, 4.69) is 36.1 Å². The molecule has 0 aromatic heterocycles. The van der Waals surface area contributed by atoms with Crippen molar-refractivity contribution in [2.45, 2.75) is 26.9 Å². The van der Waals surface area contributed by atoms with E-state index in [4.69, 9.17) is 4.74 Å². The molecule has 15 heavy (non-hydrogen) atoms. The molecule has 0 N–H and O–H groups in total. The SMILES string of the molecule is CC.COC1CN(c2ccc(C)cc2)C1. The number of hydrogen-bond acceptors (Lipinski definition) is 2. The van der Waals surface area contributed by atoms with E-state index in [1.54, 1.807) is 7.11 Å². The van der Waals surface area contributed by atoms with Crippen LogP contribution in [0.4, 0.5) is 5.69 Å². The summed E-state index contributed by atoms with van der Waals surface area (Å²) >= 11 is 0. The highest BCUT2D eigenvalue weighted by atomic mass is 16.5. The Morgan fingerprint density at radius 2 is 1.67 bits per heavy atom. The van der Waals surface area contributed by atoms with Gasteiger partial charge in [-0.05, 0) is 19.1 Å². The van der Waals surface area contributed by atoms with Crippen LogP contribution in [0.25, 0.3) is 0 Å². The quantitative estimate of drug-likeness (QED) is 0.739. The molecule has 0 bridgehead atoms. The van der Waals surface area contributed by atoms with Crippen molar-refractivity contribution in [1.82, 2.24) is 0 Å². The van der Waals surface area contributed by atoms with Gasteiger partial charge in [0.1, 0.15) is 0 Å². The van der Waals surface area contributed by atoms with Crippen molar-refractivity contribution in [3.05, 3.63) is 29.8 Å². The minimum Gasteiger partial charge on any atom is -0.378 e. The zero-order chi connectivity index (χ0) is 11.3. The summed E-state index contributed by atoms with van der Waals surface area (Å²) in [5, 5.41) is 0. The van der Waals surface area contributed by atoms with Gasteiger partial charge in [-0.2, -0.15) is 0 Å². The molecule has 0 unspecified atom stereocenters. The highest BCUT2D eigenvalue weighted by molar-refractivity contribution is 5.50.